The highest BCUT2D eigenvalue weighted by Crippen LogP contribution is 2.31. The van der Waals surface area contributed by atoms with Crippen LogP contribution >= 0.6 is 11.3 Å². The third kappa shape index (κ3) is 3.11. The zero-order chi connectivity index (χ0) is 19.8. The second-order valence-corrected chi connectivity index (χ2v) is 7.59. The fourth-order valence-electron chi connectivity index (χ4n) is 3.34. The smallest absolute Gasteiger partial charge is 0.116 e. The van der Waals surface area contributed by atoms with Crippen LogP contribution in [0, 0.1) is 0 Å². The molecule has 5 heterocycles. The third-order valence-corrected chi connectivity index (χ3v) is 5.67. The Morgan fingerprint density at radius 1 is 1.24 bits per heavy atom. The molecule has 5 rings (SSSR count). The Bertz CT molecular complexity index is 1420. The van der Waals surface area contributed by atoms with Crippen LogP contribution in [0.2, 0.25) is 0 Å². The van der Waals surface area contributed by atoms with Gasteiger partial charge in [0.2, 0.25) is 0 Å². The maximum absolute atomic E-state index is 4.50. The molecule has 0 aliphatic carbocycles. The monoisotopic (exact) mass is 398 g/mol. The summed E-state index contributed by atoms with van der Waals surface area (Å²) in [6.07, 6.45) is 11.4. The molecule has 3 N–H and O–H groups in total. The number of aromatic amines is 3. The van der Waals surface area contributed by atoms with E-state index in [0.29, 0.717) is 0 Å². The minimum absolute atomic E-state index is 0.804. The Morgan fingerprint density at radius 3 is 2.97 bits per heavy atom. The molecule has 7 heteroatoms. The molecule has 0 aliphatic rings. The van der Waals surface area contributed by atoms with Crippen LogP contribution in [-0.2, 0) is 0 Å². The molecule has 0 aromatic carbocycles. The van der Waals surface area contributed by atoms with E-state index >= 15 is 0 Å². The van der Waals surface area contributed by atoms with Crippen LogP contribution in [-0.4, -0.2) is 30.4 Å². The van der Waals surface area contributed by atoms with Gasteiger partial charge in [0, 0.05) is 34.1 Å². The molecule has 29 heavy (non-hydrogen) atoms. The van der Waals surface area contributed by atoms with Crippen LogP contribution in [0.5, 0.6) is 0 Å². The highest BCUT2D eigenvalue weighted by molar-refractivity contribution is 7.08. The number of fused-ring (bicyclic) bond motifs is 1. The van der Waals surface area contributed by atoms with Crippen molar-refractivity contribution in [2.24, 2.45) is 0 Å². The Hall–Kier alpha value is -3.71. The van der Waals surface area contributed by atoms with Crippen molar-refractivity contribution in [1.29, 1.82) is 0 Å². The summed E-state index contributed by atoms with van der Waals surface area (Å²) in [5.41, 5.74) is 7.13. The normalized spacial score (nSPS) is 12.9. The molecular weight excluding hydrogens is 380 g/mol. The quantitative estimate of drug-likeness (QED) is 0.431. The fourth-order valence-corrected chi connectivity index (χ4v) is 3.99. The minimum atomic E-state index is 0.804. The molecule has 0 radical (unpaired) electrons. The second-order valence-electron chi connectivity index (χ2n) is 6.81. The molecule has 0 spiro atoms. The number of H-pyrrole nitrogens is 3. The van der Waals surface area contributed by atoms with Crippen LogP contribution in [0.4, 0.5) is 0 Å². The van der Waals surface area contributed by atoms with E-state index < -0.39 is 0 Å². The van der Waals surface area contributed by atoms with Crippen molar-refractivity contribution in [2.75, 3.05) is 0 Å². The van der Waals surface area contributed by atoms with Crippen molar-refractivity contribution in [3.63, 3.8) is 0 Å². The van der Waals surface area contributed by atoms with Crippen molar-refractivity contribution in [1.82, 2.24) is 30.4 Å². The highest BCUT2D eigenvalue weighted by Gasteiger charge is 2.12. The van der Waals surface area contributed by atoms with E-state index in [1.807, 2.05) is 37.7 Å². The fraction of sp³-hybridized carbons (Fsp3) is 0.0455. The molecular formula is C22H18N6S. The lowest BCUT2D eigenvalue weighted by atomic mass is 10.1. The number of pyridine rings is 1. The van der Waals surface area contributed by atoms with E-state index in [1.54, 1.807) is 17.5 Å². The summed E-state index contributed by atoms with van der Waals surface area (Å²) in [4.78, 5) is 7.82. The van der Waals surface area contributed by atoms with E-state index in [0.717, 1.165) is 49.6 Å². The molecule has 0 aliphatic heterocycles. The van der Waals surface area contributed by atoms with Gasteiger partial charge in [-0.15, -0.1) is 0 Å². The van der Waals surface area contributed by atoms with E-state index in [4.69, 9.17) is 0 Å². The molecule has 6 nitrogen and oxygen atoms in total. The van der Waals surface area contributed by atoms with Gasteiger partial charge >= 0.3 is 0 Å². The molecule has 0 amide bonds. The van der Waals surface area contributed by atoms with Gasteiger partial charge < -0.3 is 4.98 Å². The van der Waals surface area contributed by atoms with Crippen LogP contribution in [0.3, 0.4) is 0 Å². The SMILES string of the molecule is C=c1c(-c2cc3c(-c4ccsc4)cncc3[nH]2)n[nH]/c1=C/C=C(\C)c1cn[nH]c1. The maximum atomic E-state index is 4.50. The first-order chi connectivity index (χ1) is 14.2. The lowest BCUT2D eigenvalue weighted by Gasteiger charge is -1.98. The zero-order valence-electron chi connectivity index (χ0n) is 15.7. The van der Waals surface area contributed by atoms with Crippen molar-refractivity contribution in [3.8, 4) is 22.5 Å². The van der Waals surface area contributed by atoms with Crippen molar-refractivity contribution >= 4 is 40.5 Å². The minimum Gasteiger partial charge on any atom is -0.352 e. The van der Waals surface area contributed by atoms with Crippen molar-refractivity contribution in [3.05, 3.63) is 69.9 Å². The third-order valence-electron chi connectivity index (χ3n) is 4.99. The van der Waals surface area contributed by atoms with Gasteiger partial charge in [0.1, 0.15) is 5.69 Å². The topological polar surface area (TPSA) is 86.0 Å². The van der Waals surface area contributed by atoms with Crippen LogP contribution in [0.15, 0.2) is 53.8 Å². The molecule has 0 saturated carbocycles. The lowest BCUT2D eigenvalue weighted by molar-refractivity contribution is 1.06. The summed E-state index contributed by atoms with van der Waals surface area (Å²) < 4.78 is 0. The zero-order valence-corrected chi connectivity index (χ0v) is 16.5. The maximum Gasteiger partial charge on any atom is 0.116 e. The second kappa shape index (κ2) is 7.03. The first kappa shape index (κ1) is 17.4. The molecule has 0 saturated heterocycles. The van der Waals surface area contributed by atoms with E-state index in [-0.39, 0.29) is 0 Å². The van der Waals surface area contributed by atoms with Crippen LogP contribution in [0.1, 0.15) is 12.5 Å². The Kier molecular flexibility index (Phi) is 4.22. The van der Waals surface area contributed by atoms with Gasteiger partial charge in [-0.3, -0.25) is 15.2 Å². The summed E-state index contributed by atoms with van der Waals surface area (Å²) in [6, 6.07) is 4.22. The molecule has 0 fully saturated rings. The molecule has 5 aromatic heterocycles. The molecule has 0 atom stereocenters. The first-order valence-corrected chi connectivity index (χ1v) is 10.1. The predicted octanol–water partition coefficient (Wildman–Crippen LogP) is 3.70. The summed E-state index contributed by atoms with van der Waals surface area (Å²) in [6.45, 7) is 6.27. The molecule has 5 aromatic rings. The van der Waals surface area contributed by atoms with Gasteiger partial charge in [-0.05, 0) is 47.0 Å². The summed E-state index contributed by atoms with van der Waals surface area (Å²) >= 11 is 1.68. The number of hydrogen-bond acceptors (Lipinski definition) is 4. The average Bonchev–Trinajstić information content (AvgIpc) is 3.53. The average molecular weight is 398 g/mol. The number of nitrogens with zero attached hydrogens (tertiary/aromatic N) is 3. The number of nitrogens with one attached hydrogen (secondary N) is 3. The Labute approximate surface area is 170 Å². The molecule has 142 valence electrons. The first-order valence-electron chi connectivity index (χ1n) is 9.11. The van der Waals surface area contributed by atoms with Crippen LogP contribution in [0.25, 0.3) is 51.6 Å². The van der Waals surface area contributed by atoms with Crippen LogP contribution < -0.4 is 10.6 Å². The van der Waals surface area contributed by atoms with E-state index in [1.165, 1.54) is 5.56 Å². The Balaban J connectivity index is 1.57. The van der Waals surface area contributed by atoms with Gasteiger partial charge in [-0.1, -0.05) is 12.7 Å². The predicted molar refractivity (Wildman–Crippen MR) is 118 cm³/mol. The van der Waals surface area contributed by atoms with Gasteiger partial charge in [0.05, 0.1) is 29.0 Å². The number of rotatable bonds is 4. The highest BCUT2D eigenvalue weighted by atomic mass is 32.1. The van der Waals surface area contributed by atoms with Gasteiger partial charge in [0.25, 0.3) is 0 Å². The largest absolute Gasteiger partial charge is 0.352 e. The van der Waals surface area contributed by atoms with Crippen molar-refractivity contribution in [2.45, 2.75) is 6.92 Å². The number of allylic oxidation sites excluding steroid dienone is 2. The Morgan fingerprint density at radius 2 is 2.17 bits per heavy atom. The lowest BCUT2D eigenvalue weighted by Crippen LogP contribution is -2.21. The summed E-state index contributed by atoms with van der Waals surface area (Å²) in [5, 5.41) is 21.4. The standard InChI is InChI=1S/C22H18N6S/c1-13(16-8-24-25-9-16)3-4-19-14(2)22(28-27-19)20-7-17-18(15-5-6-29-12-15)10-23-11-21(17)26-20/h3-12,26-27H,2H2,1H3,(H,24,25)/b13-3+,19-4+. The summed E-state index contributed by atoms with van der Waals surface area (Å²) in [5.74, 6) is 0. The number of aromatic nitrogens is 6. The van der Waals surface area contributed by atoms with Gasteiger partial charge in [-0.2, -0.15) is 21.5 Å². The van der Waals surface area contributed by atoms with E-state index in [2.05, 4.69) is 59.8 Å². The van der Waals surface area contributed by atoms with Gasteiger partial charge in [0.15, 0.2) is 0 Å². The number of thiophene rings is 1. The summed E-state index contributed by atoms with van der Waals surface area (Å²) in [7, 11) is 0. The van der Waals surface area contributed by atoms with Crippen molar-refractivity contribution < 1.29 is 0 Å². The number of hydrogen-bond donors (Lipinski definition) is 3. The molecule has 0 bridgehead atoms. The van der Waals surface area contributed by atoms with Gasteiger partial charge in [-0.25, -0.2) is 0 Å². The van der Waals surface area contributed by atoms with E-state index in [9.17, 15) is 0 Å². The molecule has 0 unspecified atom stereocenters.